The Morgan fingerprint density at radius 1 is 1.41 bits per heavy atom. The summed E-state index contributed by atoms with van der Waals surface area (Å²) in [4.78, 5) is 23.6. The monoisotopic (exact) mass is 401 g/mol. The zero-order chi connectivity index (χ0) is 19.0. The maximum atomic E-state index is 13.6. The first-order valence-corrected chi connectivity index (χ1v) is 10.8. The molecule has 2 aromatic heterocycles. The molecule has 7 heteroatoms. The molecule has 1 aromatic carbocycles. The molecular formula is C20H20FN3OS2. The molecule has 0 radical (unpaired) electrons. The van der Waals surface area contributed by atoms with E-state index in [0.29, 0.717) is 17.2 Å². The number of hydrogen-bond acceptors (Lipinski definition) is 5. The highest BCUT2D eigenvalue weighted by Gasteiger charge is 2.23. The molecule has 27 heavy (non-hydrogen) atoms. The lowest BCUT2D eigenvalue weighted by molar-refractivity contribution is -0.113. The van der Waals surface area contributed by atoms with E-state index in [1.807, 2.05) is 0 Å². The van der Waals surface area contributed by atoms with Crippen LogP contribution in [0.1, 0.15) is 29.3 Å². The third-order valence-corrected chi connectivity index (χ3v) is 7.00. The lowest BCUT2D eigenvalue weighted by Gasteiger charge is -2.18. The Labute approximate surface area is 165 Å². The Balaban J connectivity index is 1.50. The van der Waals surface area contributed by atoms with Crippen LogP contribution in [-0.2, 0) is 17.6 Å². The predicted molar refractivity (Wildman–Crippen MR) is 109 cm³/mol. The molecule has 4 rings (SSSR count). The minimum absolute atomic E-state index is 0.173. The third-order valence-electron chi connectivity index (χ3n) is 4.85. The molecular weight excluding hydrogens is 381 g/mol. The van der Waals surface area contributed by atoms with E-state index in [1.54, 1.807) is 36.7 Å². The van der Waals surface area contributed by atoms with Gasteiger partial charge in [-0.05, 0) is 55.4 Å². The Morgan fingerprint density at radius 3 is 3.07 bits per heavy atom. The standard InChI is InChI=1S/C20H20FN3OS2/c1-11-3-6-14-16(7-11)27-20-18(14)19(22-10-23-20)26-9-17(25)24-13-5-4-12(2)15(21)8-13/h4-5,8,10-11H,3,6-7,9H2,1-2H3,(H,24,25). The lowest BCUT2D eigenvalue weighted by Crippen LogP contribution is -2.14. The number of nitrogens with one attached hydrogen (secondary N) is 1. The van der Waals surface area contributed by atoms with Crippen molar-refractivity contribution in [3.05, 3.63) is 46.3 Å². The van der Waals surface area contributed by atoms with Gasteiger partial charge in [-0.15, -0.1) is 11.3 Å². The van der Waals surface area contributed by atoms with E-state index >= 15 is 0 Å². The van der Waals surface area contributed by atoms with Crippen LogP contribution in [0.3, 0.4) is 0 Å². The van der Waals surface area contributed by atoms with Gasteiger partial charge < -0.3 is 5.32 Å². The smallest absolute Gasteiger partial charge is 0.234 e. The van der Waals surface area contributed by atoms with Crippen LogP contribution in [0.4, 0.5) is 10.1 Å². The van der Waals surface area contributed by atoms with E-state index in [2.05, 4.69) is 22.2 Å². The van der Waals surface area contributed by atoms with E-state index in [1.165, 1.54) is 34.7 Å². The lowest BCUT2D eigenvalue weighted by atomic mass is 9.89. The van der Waals surface area contributed by atoms with Gasteiger partial charge in [0.1, 0.15) is 22.0 Å². The molecule has 1 unspecified atom stereocenters. The van der Waals surface area contributed by atoms with Crippen LogP contribution < -0.4 is 5.32 Å². The molecule has 0 saturated carbocycles. The van der Waals surface area contributed by atoms with Gasteiger partial charge in [0.15, 0.2) is 0 Å². The third kappa shape index (κ3) is 3.84. The van der Waals surface area contributed by atoms with E-state index in [9.17, 15) is 9.18 Å². The van der Waals surface area contributed by atoms with E-state index < -0.39 is 0 Å². The first-order valence-electron chi connectivity index (χ1n) is 8.95. The van der Waals surface area contributed by atoms with Gasteiger partial charge in [0, 0.05) is 16.0 Å². The van der Waals surface area contributed by atoms with Gasteiger partial charge >= 0.3 is 0 Å². The number of halogens is 1. The maximum absolute atomic E-state index is 13.6. The van der Waals surface area contributed by atoms with Gasteiger partial charge in [0.25, 0.3) is 0 Å². The number of nitrogens with zero attached hydrogens (tertiary/aromatic N) is 2. The summed E-state index contributed by atoms with van der Waals surface area (Å²) in [7, 11) is 0. The Hall–Kier alpha value is -1.99. The molecule has 0 bridgehead atoms. The fourth-order valence-corrected chi connectivity index (χ4v) is 5.60. The molecule has 1 N–H and O–H groups in total. The summed E-state index contributed by atoms with van der Waals surface area (Å²) < 4.78 is 13.6. The highest BCUT2D eigenvalue weighted by molar-refractivity contribution is 8.00. The van der Waals surface area contributed by atoms with Crippen LogP contribution in [0.5, 0.6) is 0 Å². The van der Waals surface area contributed by atoms with Crippen molar-refractivity contribution in [1.29, 1.82) is 0 Å². The van der Waals surface area contributed by atoms with Crippen molar-refractivity contribution in [2.24, 2.45) is 5.92 Å². The summed E-state index contributed by atoms with van der Waals surface area (Å²) in [6, 6.07) is 4.71. The van der Waals surface area contributed by atoms with Crippen molar-refractivity contribution >= 4 is 44.9 Å². The minimum atomic E-state index is -0.322. The van der Waals surface area contributed by atoms with E-state index in [0.717, 1.165) is 28.1 Å². The van der Waals surface area contributed by atoms with Crippen LogP contribution in [0.2, 0.25) is 0 Å². The average molecular weight is 402 g/mol. The number of aromatic nitrogens is 2. The fourth-order valence-electron chi connectivity index (χ4n) is 3.36. The van der Waals surface area contributed by atoms with Crippen molar-refractivity contribution in [3.63, 3.8) is 0 Å². The number of aryl methyl sites for hydroxylation is 2. The fraction of sp³-hybridized carbons (Fsp3) is 0.350. The quantitative estimate of drug-likeness (QED) is 0.494. The van der Waals surface area contributed by atoms with E-state index in [4.69, 9.17) is 0 Å². The molecule has 0 saturated heterocycles. The topological polar surface area (TPSA) is 54.9 Å². The van der Waals surface area contributed by atoms with Crippen LogP contribution in [0.15, 0.2) is 29.6 Å². The van der Waals surface area contributed by atoms with Crippen molar-refractivity contribution < 1.29 is 9.18 Å². The Morgan fingerprint density at radius 2 is 2.26 bits per heavy atom. The van der Waals surface area contributed by atoms with Crippen molar-refractivity contribution in [1.82, 2.24) is 9.97 Å². The zero-order valence-corrected chi connectivity index (χ0v) is 16.8. The first-order chi connectivity index (χ1) is 13.0. The van der Waals surface area contributed by atoms with Crippen molar-refractivity contribution in [3.8, 4) is 0 Å². The number of thioether (sulfide) groups is 1. The van der Waals surface area contributed by atoms with Gasteiger partial charge in [0.05, 0.1) is 5.75 Å². The SMILES string of the molecule is Cc1ccc(NC(=O)CSc2ncnc3sc4c(c23)CCC(C)C4)cc1F. The molecule has 1 aliphatic carbocycles. The molecule has 1 atom stereocenters. The second-order valence-electron chi connectivity index (χ2n) is 7.01. The number of hydrogen-bond donors (Lipinski definition) is 1. The number of rotatable bonds is 4. The summed E-state index contributed by atoms with van der Waals surface area (Å²) in [5, 5.41) is 4.72. The summed E-state index contributed by atoms with van der Waals surface area (Å²) in [5.74, 6) is 0.433. The molecule has 3 aromatic rings. The summed E-state index contributed by atoms with van der Waals surface area (Å²) in [5.41, 5.74) is 2.39. The molecule has 4 nitrogen and oxygen atoms in total. The molecule has 1 amide bonds. The van der Waals surface area contributed by atoms with Gasteiger partial charge in [-0.1, -0.05) is 24.8 Å². The Kier molecular flexibility index (Phi) is 5.14. The molecule has 140 valence electrons. The number of benzene rings is 1. The highest BCUT2D eigenvalue weighted by Crippen LogP contribution is 2.40. The number of carbonyl (C=O) groups excluding carboxylic acids is 1. The maximum Gasteiger partial charge on any atom is 0.234 e. The summed E-state index contributed by atoms with van der Waals surface area (Å²) in [6.07, 6.45) is 4.90. The largest absolute Gasteiger partial charge is 0.325 e. The van der Waals surface area contributed by atoms with Crippen LogP contribution in [-0.4, -0.2) is 21.6 Å². The molecule has 0 fully saturated rings. The number of thiophene rings is 1. The highest BCUT2D eigenvalue weighted by atomic mass is 32.2. The minimum Gasteiger partial charge on any atom is -0.325 e. The number of anilines is 1. The second kappa shape index (κ2) is 7.56. The zero-order valence-electron chi connectivity index (χ0n) is 15.2. The van der Waals surface area contributed by atoms with Crippen molar-refractivity contribution in [2.45, 2.75) is 38.1 Å². The number of fused-ring (bicyclic) bond motifs is 3. The first kappa shape index (κ1) is 18.4. The molecule has 2 heterocycles. The van der Waals surface area contributed by atoms with Gasteiger partial charge in [-0.25, -0.2) is 14.4 Å². The van der Waals surface area contributed by atoms with Gasteiger partial charge in [-0.3, -0.25) is 4.79 Å². The second-order valence-corrected chi connectivity index (χ2v) is 9.06. The van der Waals surface area contributed by atoms with Crippen LogP contribution in [0.25, 0.3) is 10.2 Å². The average Bonchev–Trinajstić information content (AvgIpc) is 3.01. The molecule has 1 aliphatic rings. The normalized spacial score (nSPS) is 16.3. The summed E-state index contributed by atoms with van der Waals surface area (Å²) >= 11 is 3.16. The van der Waals surface area contributed by atoms with Crippen molar-refractivity contribution in [2.75, 3.05) is 11.1 Å². The molecule has 0 spiro atoms. The molecule has 0 aliphatic heterocycles. The Bertz CT molecular complexity index is 1020. The van der Waals surface area contributed by atoms with Crippen LogP contribution >= 0.6 is 23.1 Å². The van der Waals surface area contributed by atoms with Crippen LogP contribution in [0, 0.1) is 18.7 Å². The predicted octanol–water partition coefficient (Wildman–Crippen LogP) is 4.99. The van der Waals surface area contributed by atoms with E-state index in [-0.39, 0.29) is 17.5 Å². The van der Waals surface area contributed by atoms with Gasteiger partial charge in [-0.2, -0.15) is 0 Å². The number of carbonyl (C=O) groups is 1. The summed E-state index contributed by atoms with van der Waals surface area (Å²) in [6.45, 7) is 3.98. The number of amides is 1. The van der Waals surface area contributed by atoms with Gasteiger partial charge in [0.2, 0.25) is 5.91 Å².